The number of aryl methyl sites for hydroxylation is 1. The van der Waals surface area contributed by atoms with Crippen LogP contribution in [0.2, 0.25) is 0 Å². The predicted molar refractivity (Wildman–Crippen MR) is 90.3 cm³/mol. The van der Waals surface area contributed by atoms with Crippen LogP contribution in [-0.4, -0.2) is 26.1 Å². The van der Waals surface area contributed by atoms with E-state index in [-0.39, 0.29) is 11.8 Å². The first-order chi connectivity index (χ1) is 10.2. The number of hydrogen-bond acceptors (Lipinski definition) is 3. The van der Waals surface area contributed by atoms with E-state index in [9.17, 15) is 13.2 Å². The summed E-state index contributed by atoms with van der Waals surface area (Å²) in [6.45, 7) is 8.11. The van der Waals surface area contributed by atoms with Crippen LogP contribution < -0.4 is 5.32 Å². The molecule has 1 amide bonds. The van der Waals surface area contributed by atoms with Crippen molar-refractivity contribution in [1.82, 2.24) is 5.32 Å². The van der Waals surface area contributed by atoms with Gasteiger partial charge in [-0.25, -0.2) is 8.42 Å². The third-order valence-electron chi connectivity index (χ3n) is 3.44. The minimum atomic E-state index is -3.44. The highest BCUT2D eigenvalue weighted by atomic mass is 32.2. The Morgan fingerprint density at radius 2 is 1.68 bits per heavy atom. The first-order valence-corrected chi connectivity index (χ1v) is 9.55. The van der Waals surface area contributed by atoms with Gasteiger partial charge in [-0.2, -0.15) is 0 Å². The van der Waals surface area contributed by atoms with E-state index in [1.165, 1.54) is 0 Å². The summed E-state index contributed by atoms with van der Waals surface area (Å²) in [5, 5.41) is 2.77. The molecule has 1 unspecified atom stereocenters. The lowest BCUT2D eigenvalue weighted by Gasteiger charge is -2.15. The van der Waals surface area contributed by atoms with Crippen LogP contribution in [0, 0.1) is 12.8 Å². The fourth-order valence-corrected chi connectivity index (χ4v) is 3.45. The molecule has 0 aliphatic carbocycles. The molecule has 1 atom stereocenters. The maximum atomic E-state index is 12.1. The Morgan fingerprint density at radius 1 is 1.09 bits per heavy atom. The molecule has 5 heteroatoms. The van der Waals surface area contributed by atoms with Crippen molar-refractivity contribution in [2.24, 2.45) is 5.92 Å². The summed E-state index contributed by atoms with van der Waals surface area (Å²) in [5.41, 5.74) is 1.80. The van der Waals surface area contributed by atoms with Crippen LogP contribution in [0.1, 0.15) is 44.7 Å². The molecule has 0 aliphatic rings. The first kappa shape index (κ1) is 18.7. The molecule has 0 aromatic heterocycles. The predicted octanol–water partition coefficient (Wildman–Crippen LogP) is 2.85. The van der Waals surface area contributed by atoms with E-state index in [1.807, 2.05) is 26.0 Å². The van der Waals surface area contributed by atoms with Gasteiger partial charge in [-0.3, -0.25) is 4.79 Å². The number of benzene rings is 1. The van der Waals surface area contributed by atoms with E-state index in [0.717, 1.165) is 18.4 Å². The molecule has 124 valence electrons. The lowest BCUT2D eigenvalue weighted by molar-refractivity contribution is -0.119. The molecule has 1 aromatic rings. The minimum absolute atomic E-state index is 0.00414. The van der Waals surface area contributed by atoms with Gasteiger partial charge in [-0.05, 0) is 38.2 Å². The third-order valence-corrected chi connectivity index (χ3v) is 4.92. The summed E-state index contributed by atoms with van der Waals surface area (Å²) < 4.78 is 24.2. The summed E-state index contributed by atoms with van der Waals surface area (Å²) in [4.78, 5) is 11.9. The van der Waals surface area contributed by atoms with Gasteiger partial charge in [0.1, 0.15) is 5.75 Å². The van der Waals surface area contributed by atoms with Crippen molar-refractivity contribution in [3.63, 3.8) is 0 Å². The molecule has 4 nitrogen and oxygen atoms in total. The van der Waals surface area contributed by atoms with E-state index in [4.69, 9.17) is 0 Å². The summed E-state index contributed by atoms with van der Waals surface area (Å²) in [7, 11) is -3.44. The molecule has 0 aliphatic heterocycles. The Hall–Kier alpha value is -1.36. The molecule has 0 bridgehead atoms. The Labute approximate surface area is 134 Å². The van der Waals surface area contributed by atoms with Gasteiger partial charge >= 0.3 is 0 Å². The molecule has 0 saturated carbocycles. The van der Waals surface area contributed by atoms with E-state index in [1.54, 1.807) is 12.1 Å². The third kappa shape index (κ3) is 7.59. The number of carbonyl (C=O) groups excluding carboxylic acids is 1. The monoisotopic (exact) mass is 325 g/mol. The average Bonchev–Trinajstić information content (AvgIpc) is 2.38. The van der Waals surface area contributed by atoms with Gasteiger partial charge in [-0.1, -0.05) is 43.7 Å². The fraction of sp³-hybridized carbons (Fsp3) is 0.588. The van der Waals surface area contributed by atoms with Gasteiger partial charge in [0.25, 0.3) is 0 Å². The molecule has 22 heavy (non-hydrogen) atoms. The molecule has 0 saturated heterocycles. The van der Waals surface area contributed by atoms with Gasteiger partial charge in [0.05, 0.1) is 5.75 Å². The van der Waals surface area contributed by atoms with Crippen LogP contribution in [0.15, 0.2) is 24.3 Å². The van der Waals surface area contributed by atoms with Gasteiger partial charge in [0.15, 0.2) is 9.84 Å². The lowest BCUT2D eigenvalue weighted by Crippen LogP contribution is -2.37. The quantitative estimate of drug-likeness (QED) is 0.799. The van der Waals surface area contributed by atoms with Crippen LogP contribution in [0.4, 0.5) is 0 Å². The zero-order chi connectivity index (χ0) is 16.8. The largest absolute Gasteiger partial charge is 0.353 e. The molecule has 0 radical (unpaired) electrons. The Morgan fingerprint density at radius 3 is 2.23 bits per heavy atom. The summed E-state index contributed by atoms with van der Waals surface area (Å²) in [5.74, 6) is -0.387. The number of hydrogen-bond donors (Lipinski definition) is 1. The van der Waals surface area contributed by atoms with Crippen LogP contribution in [-0.2, 0) is 20.4 Å². The second-order valence-corrected chi connectivity index (χ2v) is 8.52. The van der Waals surface area contributed by atoms with Crippen molar-refractivity contribution in [3.05, 3.63) is 35.4 Å². The van der Waals surface area contributed by atoms with Gasteiger partial charge in [0, 0.05) is 6.04 Å². The van der Waals surface area contributed by atoms with Crippen molar-refractivity contribution in [2.45, 2.75) is 52.3 Å². The zero-order valence-corrected chi connectivity index (χ0v) is 14.7. The molecular weight excluding hydrogens is 298 g/mol. The maximum Gasteiger partial charge on any atom is 0.235 e. The Kier molecular flexibility index (Phi) is 7.07. The number of amides is 1. The second-order valence-electron chi connectivity index (χ2n) is 6.46. The highest BCUT2D eigenvalue weighted by molar-refractivity contribution is 7.91. The topological polar surface area (TPSA) is 63.2 Å². The second kappa shape index (κ2) is 8.32. The van der Waals surface area contributed by atoms with Crippen molar-refractivity contribution < 1.29 is 13.2 Å². The number of sulfone groups is 1. The normalized spacial score (nSPS) is 13.1. The standard InChI is InChI=1S/C17H27NO3S/c1-13(2)5-8-15(4)18-17(19)12-22(20,21)11-16-9-6-14(3)7-10-16/h6-7,9-10,13,15H,5,8,11-12H2,1-4H3,(H,18,19). The molecule has 0 heterocycles. The van der Waals surface area contributed by atoms with Crippen molar-refractivity contribution in [3.8, 4) is 0 Å². The number of carbonyl (C=O) groups is 1. The average molecular weight is 325 g/mol. The first-order valence-electron chi connectivity index (χ1n) is 7.73. The lowest BCUT2D eigenvalue weighted by atomic mass is 10.0. The molecule has 1 rings (SSSR count). The number of rotatable bonds is 8. The molecule has 1 N–H and O–H groups in total. The van der Waals surface area contributed by atoms with Gasteiger partial charge < -0.3 is 5.32 Å². The summed E-state index contributed by atoms with van der Waals surface area (Å²) in [6, 6.07) is 7.33. The Balaban J connectivity index is 2.49. The molecular formula is C17H27NO3S. The smallest absolute Gasteiger partial charge is 0.235 e. The van der Waals surface area contributed by atoms with Crippen LogP contribution >= 0.6 is 0 Å². The maximum absolute atomic E-state index is 12.1. The van der Waals surface area contributed by atoms with Gasteiger partial charge in [0.2, 0.25) is 5.91 Å². The van der Waals surface area contributed by atoms with Crippen molar-refractivity contribution in [1.29, 1.82) is 0 Å². The van der Waals surface area contributed by atoms with Gasteiger partial charge in [-0.15, -0.1) is 0 Å². The van der Waals surface area contributed by atoms with Crippen molar-refractivity contribution in [2.75, 3.05) is 5.75 Å². The molecule has 0 fully saturated rings. The highest BCUT2D eigenvalue weighted by Crippen LogP contribution is 2.09. The van der Waals surface area contributed by atoms with Crippen LogP contribution in [0.5, 0.6) is 0 Å². The zero-order valence-electron chi connectivity index (χ0n) is 13.9. The van der Waals surface area contributed by atoms with E-state index >= 15 is 0 Å². The number of nitrogens with one attached hydrogen (secondary N) is 1. The molecule has 0 spiro atoms. The Bertz CT molecular complexity index is 576. The summed E-state index contributed by atoms with van der Waals surface area (Å²) in [6.07, 6.45) is 1.87. The summed E-state index contributed by atoms with van der Waals surface area (Å²) >= 11 is 0. The van der Waals surface area contributed by atoms with E-state index in [0.29, 0.717) is 11.5 Å². The SMILES string of the molecule is Cc1ccc(CS(=O)(=O)CC(=O)NC(C)CCC(C)C)cc1. The van der Waals surface area contributed by atoms with Crippen molar-refractivity contribution >= 4 is 15.7 Å². The van der Waals surface area contributed by atoms with Crippen LogP contribution in [0.3, 0.4) is 0 Å². The van der Waals surface area contributed by atoms with E-state index < -0.39 is 21.5 Å². The molecule has 1 aromatic carbocycles. The minimum Gasteiger partial charge on any atom is -0.353 e. The fourth-order valence-electron chi connectivity index (χ4n) is 2.16. The van der Waals surface area contributed by atoms with E-state index in [2.05, 4.69) is 19.2 Å². The highest BCUT2D eigenvalue weighted by Gasteiger charge is 2.18. The van der Waals surface area contributed by atoms with Crippen LogP contribution in [0.25, 0.3) is 0 Å².